The van der Waals surface area contributed by atoms with Gasteiger partial charge in [0.05, 0.1) is 5.60 Å². The lowest BCUT2D eigenvalue weighted by molar-refractivity contribution is -0.164. The molecule has 1 N–H and O–H groups in total. The third-order valence-corrected chi connectivity index (χ3v) is 5.83. The summed E-state index contributed by atoms with van der Waals surface area (Å²) in [6, 6.07) is 0. The SMILES string of the molecule is CSC(O)OC1(C)CC2CC1C1CCCC21. The summed E-state index contributed by atoms with van der Waals surface area (Å²) in [4.78, 5) is 0. The standard InChI is InChI=1S/C13H22O2S/c1-13(15-12(14)16-2)7-8-6-11(13)10-5-3-4-9(8)10/h8-12,14H,3-7H2,1-2H3. The summed E-state index contributed by atoms with van der Waals surface area (Å²) in [6.07, 6.45) is 8.71. The maximum Gasteiger partial charge on any atom is 0.204 e. The van der Waals surface area contributed by atoms with Crippen molar-refractivity contribution < 1.29 is 9.84 Å². The minimum Gasteiger partial charge on any atom is -0.360 e. The van der Waals surface area contributed by atoms with Gasteiger partial charge in [-0.3, -0.25) is 0 Å². The van der Waals surface area contributed by atoms with Gasteiger partial charge in [-0.15, -0.1) is 11.8 Å². The van der Waals surface area contributed by atoms with E-state index in [1.54, 1.807) is 0 Å². The highest BCUT2D eigenvalue weighted by atomic mass is 32.2. The van der Waals surface area contributed by atoms with Crippen molar-refractivity contribution in [1.82, 2.24) is 0 Å². The zero-order chi connectivity index (χ0) is 11.3. The molecule has 2 bridgehead atoms. The van der Waals surface area contributed by atoms with E-state index in [4.69, 9.17) is 4.74 Å². The average molecular weight is 242 g/mol. The largest absolute Gasteiger partial charge is 0.360 e. The quantitative estimate of drug-likeness (QED) is 0.772. The highest BCUT2D eigenvalue weighted by Gasteiger charge is 2.60. The molecule has 6 atom stereocenters. The molecule has 3 rings (SSSR count). The fourth-order valence-corrected chi connectivity index (χ4v) is 5.12. The summed E-state index contributed by atoms with van der Waals surface area (Å²) >= 11 is 1.40. The summed E-state index contributed by atoms with van der Waals surface area (Å²) < 4.78 is 5.91. The molecular formula is C13H22O2S. The van der Waals surface area contributed by atoms with Gasteiger partial charge in [0.15, 0.2) is 0 Å². The topological polar surface area (TPSA) is 29.5 Å². The maximum absolute atomic E-state index is 9.69. The Balaban J connectivity index is 1.75. The highest BCUT2D eigenvalue weighted by Crippen LogP contribution is 2.63. The first-order chi connectivity index (χ1) is 7.64. The number of thioether (sulfide) groups is 1. The molecule has 0 radical (unpaired) electrons. The molecule has 0 aromatic rings. The van der Waals surface area contributed by atoms with Crippen LogP contribution >= 0.6 is 11.8 Å². The number of rotatable bonds is 3. The van der Waals surface area contributed by atoms with Crippen LogP contribution in [0.3, 0.4) is 0 Å². The molecule has 0 aromatic carbocycles. The van der Waals surface area contributed by atoms with Crippen LogP contribution in [0, 0.1) is 23.7 Å². The molecule has 0 spiro atoms. The van der Waals surface area contributed by atoms with Crippen molar-refractivity contribution in [3.05, 3.63) is 0 Å². The molecular weight excluding hydrogens is 220 g/mol. The molecule has 0 amide bonds. The summed E-state index contributed by atoms with van der Waals surface area (Å²) in [6.45, 7) is 2.23. The number of fused-ring (bicyclic) bond motifs is 5. The minimum absolute atomic E-state index is 0.0431. The van der Waals surface area contributed by atoms with E-state index in [0.717, 1.165) is 17.8 Å². The van der Waals surface area contributed by atoms with Gasteiger partial charge in [-0.05, 0) is 62.5 Å². The Morgan fingerprint density at radius 2 is 2.12 bits per heavy atom. The van der Waals surface area contributed by atoms with E-state index in [2.05, 4.69) is 6.92 Å². The van der Waals surface area contributed by atoms with E-state index in [1.165, 1.54) is 43.9 Å². The van der Waals surface area contributed by atoms with Gasteiger partial charge in [-0.2, -0.15) is 0 Å². The first kappa shape index (κ1) is 11.4. The molecule has 3 aliphatic rings. The molecule has 3 saturated carbocycles. The number of ether oxygens (including phenoxy) is 1. The molecule has 16 heavy (non-hydrogen) atoms. The molecule has 2 nitrogen and oxygen atoms in total. The molecule has 0 saturated heterocycles. The summed E-state index contributed by atoms with van der Waals surface area (Å²) in [5, 5.41) is 9.69. The van der Waals surface area contributed by atoms with Crippen molar-refractivity contribution in [3.63, 3.8) is 0 Å². The van der Waals surface area contributed by atoms with Crippen LogP contribution in [0.4, 0.5) is 0 Å². The van der Waals surface area contributed by atoms with Crippen molar-refractivity contribution in [1.29, 1.82) is 0 Å². The molecule has 6 unspecified atom stereocenters. The maximum atomic E-state index is 9.69. The second-order valence-electron chi connectivity index (χ2n) is 6.04. The number of aliphatic hydroxyl groups is 1. The lowest BCUT2D eigenvalue weighted by Crippen LogP contribution is -2.43. The van der Waals surface area contributed by atoms with E-state index in [-0.39, 0.29) is 5.60 Å². The lowest BCUT2D eigenvalue weighted by Gasteiger charge is -2.41. The van der Waals surface area contributed by atoms with Crippen molar-refractivity contribution >= 4 is 11.8 Å². The van der Waals surface area contributed by atoms with Crippen LogP contribution in [-0.2, 0) is 4.74 Å². The van der Waals surface area contributed by atoms with Gasteiger partial charge in [-0.1, -0.05) is 6.42 Å². The predicted molar refractivity (Wildman–Crippen MR) is 66.1 cm³/mol. The Morgan fingerprint density at radius 1 is 1.38 bits per heavy atom. The summed E-state index contributed by atoms with van der Waals surface area (Å²) in [5.74, 6) is 3.49. The zero-order valence-electron chi connectivity index (χ0n) is 10.2. The second-order valence-corrected chi connectivity index (χ2v) is 6.91. The Kier molecular flexibility index (Phi) is 2.76. The monoisotopic (exact) mass is 242 g/mol. The van der Waals surface area contributed by atoms with Gasteiger partial charge < -0.3 is 9.84 Å². The molecule has 0 heterocycles. The average Bonchev–Trinajstić information content (AvgIpc) is 2.86. The van der Waals surface area contributed by atoms with E-state index >= 15 is 0 Å². The minimum atomic E-state index is -0.635. The normalized spacial score (nSPS) is 51.9. The summed E-state index contributed by atoms with van der Waals surface area (Å²) in [5.41, 5.74) is -0.678. The first-order valence-corrected chi connectivity index (χ1v) is 7.81. The van der Waals surface area contributed by atoms with E-state index in [0.29, 0.717) is 5.92 Å². The van der Waals surface area contributed by atoms with Gasteiger partial charge in [0.2, 0.25) is 5.62 Å². The van der Waals surface area contributed by atoms with Crippen molar-refractivity contribution in [2.45, 2.75) is 50.3 Å². The fourth-order valence-electron chi connectivity index (χ4n) is 4.80. The number of hydrogen-bond donors (Lipinski definition) is 1. The third-order valence-electron chi connectivity index (χ3n) is 5.33. The van der Waals surface area contributed by atoms with Crippen LogP contribution < -0.4 is 0 Å². The molecule has 92 valence electrons. The first-order valence-electron chi connectivity index (χ1n) is 6.53. The van der Waals surface area contributed by atoms with E-state index in [1.807, 2.05) is 6.26 Å². The Morgan fingerprint density at radius 3 is 2.88 bits per heavy atom. The van der Waals surface area contributed by atoms with Crippen LogP contribution in [0.5, 0.6) is 0 Å². The Bertz CT molecular complexity index is 283. The van der Waals surface area contributed by atoms with E-state index in [9.17, 15) is 5.11 Å². The Labute approximate surface area is 102 Å². The van der Waals surface area contributed by atoms with Gasteiger partial charge in [-0.25, -0.2) is 0 Å². The van der Waals surface area contributed by atoms with Crippen LogP contribution in [0.1, 0.15) is 39.0 Å². The van der Waals surface area contributed by atoms with Crippen molar-refractivity contribution in [2.24, 2.45) is 23.7 Å². The van der Waals surface area contributed by atoms with Crippen LogP contribution in [-0.4, -0.2) is 22.6 Å². The highest BCUT2D eigenvalue weighted by molar-refractivity contribution is 7.98. The smallest absolute Gasteiger partial charge is 0.204 e. The van der Waals surface area contributed by atoms with Crippen molar-refractivity contribution in [3.8, 4) is 0 Å². The van der Waals surface area contributed by atoms with Gasteiger partial charge in [0, 0.05) is 0 Å². The lowest BCUT2D eigenvalue weighted by atomic mass is 9.74. The second kappa shape index (κ2) is 3.89. The van der Waals surface area contributed by atoms with Gasteiger partial charge in [0.25, 0.3) is 0 Å². The number of hydrogen-bond acceptors (Lipinski definition) is 3. The number of aliphatic hydroxyl groups excluding tert-OH is 1. The third kappa shape index (κ3) is 1.55. The van der Waals surface area contributed by atoms with Gasteiger partial charge in [0.1, 0.15) is 0 Å². The molecule has 3 aliphatic carbocycles. The molecule has 0 aliphatic heterocycles. The van der Waals surface area contributed by atoms with E-state index < -0.39 is 5.62 Å². The zero-order valence-corrected chi connectivity index (χ0v) is 11.0. The van der Waals surface area contributed by atoms with Crippen LogP contribution in [0.25, 0.3) is 0 Å². The summed E-state index contributed by atoms with van der Waals surface area (Å²) in [7, 11) is 0. The van der Waals surface area contributed by atoms with Crippen LogP contribution in [0.15, 0.2) is 0 Å². The molecule has 3 fully saturated rings. The van der Waals surface area contributed by atoms with Crippen LogP contribution in [0.2, 0.25) is 0 Å². The Hall–Kier alpha value is 0.270. The van der Waals surface area contributed by atoms with Crippen molar-refractivity contribution in [2.75, 3.05) is 6.26 Å². The fraction of sp³-hybridized carbons (Fsp3) is 1.00. The predicted octanol–water partition coefficient (Wildman–Crippen LogP) is 2.86. The molecule has 3 heteroatoms. The van der Waals surface area contributed by atoms with Gasteiger partial charge >= 0.3 is 0 Å². The molecule has 0 aromatic heterocycles.